The number of pyridine rings is 1. The molecule has 1 N–H and O–H groups in total. The van der Waals surface area contributed by atoms with Crippen molar-refractivity contribution in [3.63, 3.8) is 0 Å². The molecule has 0 unspecified atom stereocenters. The molecule has 18 heavy (non-hydrogen) atoms. The fourth-order valence-corrected chi connectivity index (χ4v) is 1.80. The van der Waals surface area contributed by atoms with Gasteiger partial charge in [-0.15, -0.1) is 0 Å². The van der Waals surface area contributed by atoms with Gasteiger partial charge in [0.25, 0.3) is 0 Å². The van der Waals surface area contributed by atoms with Crippen LogP contribution in [-0.2, 0) is 0 Å². The largest absolute Gasteiger partial charge is 0.389 e. The molecular formula is C14H25N3O. The number of hydrogen-bond acceptors (Lipinski definition) is 4. The molecule has 0 radical (unpaired) electrons. The highest BCUT2D eigenvalue weighted by molar-refractivity contribution is 5.41. The lowest BCUT2D eigenvalue weighted by Gasteiger charge is -2.25. The molecule has 102 valence electrons. The minimum Gasteiger partial charge on any atom is -0.389 e. The van der Waals surface area contributed by atoms with Crippen molar-refractivity contribution in [1.29, 1.82) is 0 Å². The minimum absolute atomic E-state index is 0.441. The van der Waals surface area contributed by atoms with Gasteiger partial charge in [0, 0.05) is 25.8 Å². The Hall–Kier alpha value is -1.13. The summed E-state index contributed by atoms with van der Waals surface area (Å²) in [5.41, 5.74) is 0.922. The van der Waals surface area contributed by atoms with Crippen LogP contribution in [0.4, 0.5) is 5.82 Å². The molecule has 0 saturated heterocycles. The first-order chi connectivity index (χ1) is 8.54. The van der Waals surface area contributed by atoms with Crippen molar-refractivity contribution in [3.8, 4) is 0 Å². The van der Waals surface area contributed by atoms with Gasteiger partial charge in [0.1, 0.15) is 5.82 Å². The van der Waals surface area contributed by atoms with Gasteiger partial charge >= 0.3 is 0 Å². The van der Waals surface area contributed by atoms with Gasteiger partial charge in [0.05, 0.1) is 6.10 Å². The van der Waals surface area contributed by atoms with Crippen LogP contribution in [0.15, 0.2) is 18.3 Å². The van der Waals surface area contributed by atoms with E-state index < -0.39 is 6.10 Å². The zero-order chi connectivity index (χ0) is 13.5. The van der Waals surface area contributed by atoms with Gasteiger partial charge in [-0.05, 0) is 45.1 Å². The second-order valence-electron chi connectivity index (χ2n) is 4.91. The van der Waals surface area contributed by atoms with Crippen LogP contribution in [0.5, 0.6) is 0 Å². The maximum absolute atomic E-state index is 9.62. The van der Waals surface area contributed by atoms with Crippen molar-refractivity contribution < 1.29 is 5.11 Å². The topological polar surface area (TPSA) is 39.6 Å². The molecule has 1 atom stereocenters. The molecule has 1 aromatic rings. The molecule has 0 spiro atoms. The van der Waals surface area contributed by atoms with Crippen molar-refractivity contribution in [3.05, 3.63) is 23.9 Å². The van der Waals surface area contributed by atoms with Gasteiger partial charge in [0.2, 0.25) is 0 Å². The highest BCUT2D eigenvalue weighted by atomic mass is 16.3. The third-order valence-electron chi connectivity index (χ3n) is 2.89. The van der Waals surface area contributed by atoms with Gasteiger partial charge in [0.15, 0.2) is 0 Å². The maximum Gasteiger partial charge on any atom is 0.128 e. The molecule has 0 saturated carbocycles. The number of aromatic nitrogens is 1. The predicted octanol–water partition coefficient (Wildman–Crippen LogP) is 1.91. The fraction of sp³-hybridized carbons (Fsp3) is 0.643. The van der Waals surface area contributed by atoms with Crippen LogP contribution in [0.3, 0.4) is 0 Å². The van der Waals surface area contributed by atoms with Crippen molar-refractivity contribution in [2.45, 2.75) is 26.4 Å². The summed E-state index contributed by atoms with van der Waals surface area (Å²) in [5, 5.41) is 9.62. The first-order valence-corrected chi connectivity index (χ1v) is 6.58. The number of anilines is 1. The monoisotopic (exact) mass is 251 g/mol. The van der Waals surface area contributed by atoms with E-state index in [4.69, 9.17) is 0 Å². The molecule has 4 nitrogen and oxygen atoms in total. The Morgan fingerprint density at radius 3 is 2.56 bits per heavy atom. The third-order valence-corrected chi connectivity index (χ3v) is 2.89. The average Bonchev–Trinajstić information content (AvgIpc) is 2.34. The highest BCUT2D eigenvalue weighted by Gasteiger charge is 2.09. The zero-order valence-corrected chi connectivity index (χ0v) is 11.9. The van der Waals surface area contributed by atoms with Crippen molar-refractivity contribution in [2.75, 3.05) is 38.6 Å². The molecule has 0 aliphatic rings. The molecule has 0 aromatic carbocycles. The average molecular weight is 251 g/mol. The van der Waals surface area contributed by atoms with E-state index in [0.717, 1.165) is 37.4 Å². The van der Waals surface area contributed by atoms with Gasteiger partial charge < -0.3 is 14.9 Å². The molecule has 1 rings (SSSR count). The predicted molar refractivity (Wildman–Crippen MR) is 75.9 cm³/mol. The van der Waals surface area contributed by atoms with E-state index in [9.17, 15) is 5.11 Å². The zero-order valence-electron chi connectivity index (χ0n) is 11.9. The molecule has 0 amide bonds. The van der Waals surface area contributed by atoms with E-state index in [1.165, 1.54) is 0 Å². The summed E-state index contributed by atoms with van der Waals surface area (Å²) in [7, 11) is 4.15. The number of rotatable bonds is 7. The van der Waals surface area contributed by atoms with Crippen LogP contribution < -0.4 is 4.90 Å². The van der Waals surface area contributed by atoms with E-state index >= 15 is 0 Å². The third kappa shape index (κ3) is 4.63. The Morgan fingerprint density at radius 2 is 2.00 bits per heavy atom. The Kier molecular flexibility index (Phi) is 6.09. The summed E-state index contributed by atoms with van der Waals surface area (Å²) < 4.78 is 0. The van der Waals surface area contributed by atoms with Crippen molar-refractivity contribution in [2.24, 2.45) is 0 Å². The quantitative estimate of drug-likeness (QED) is 0.803. The molecule has 4 heteroatoms. The summed E-state index contributed by atoms with van der Waals surface area (Å²) in [5.74, 6) is 0.956. The molecule has 0 aliphatic carbocycles. The van der Waals surface area contributed by atoms with Crippen molar-refractivity contribution >= 4 is 5.82 Å². The second-order valence-corrected chi connectivity index (χ2v) is 4.91. The molecule has 0 aliphatic heterocycles. The summed E-state index contributed by atoms with van der Waals surface area (Å²) >= 11 is 0. The van der Waals surface area contributed by atoms with E-state index in [-0.39, 0.29) is 0 Å². The summed E-state index contributed by atoms with van der Waals surface area (Å²) in [4.78, 5) is 8.85. The van der Waals surface area contributed by atoms with E-state index in [1.807, 2.05) is 12.1 Å². The number of aliphatic hydroxyl groups is 1. The van der Waals surface area contributed by atoms with Gasteiger partial charge in [-0.1, -0.05) is 6.92 Å². The Balaban J connectivity index is 2.80. The SMILES string of the molecule is CCCN(CCN(C)C)c1cc([C@@H](C)O)ccn1. The molecule has 0 bridgehead atoms. The van der Waals surface area contributed by atoms with Crippen LogP contribution in [0.1, 0.15) is 31.9 Å². The van der Waals surface area contributed by atoms with E-state index in [2.05, 4.69) is 35.8 Å². The summed E-state index contributed by atoms with van der Waals surface area (Å²) in [6.45, 7) is 6.89. The lowest BCUT2D eigenvalue weighted by molar-refractivity contribution is 0.199. The smallest absolute Gasteiger partial charge is 0.128 e. The highest BCUT2D eigenvalue weighted by Crippen LogP contribution is 2.18. The van der Waals surface area contributed by atoms with Crippen LogP contribution in [0.25, 0.3) is 0 Å². The number of hydrogen-bond donors (Lipinski definition) is 1. The standard InChI is InChI=1S/C14H25N3O/c1-5-8-17(10-9-16(3)4)14-11-13(12(2)18)6-7-15-14/h6-7,11-12,18H,5,8-10H2,1-4H3/t12-/m1/s1. The van der Waals surface area contributed by atoms with Gasteiger partial charge in [-0.25, -0.2) is 4.98 Å². The molecular weight excluding hydrogens is 226 g/mol. The molecule has 1 heterocycles. The lowest BCUT2D eigenvalue weighted by atomic mass is 10.1. The van der Waals surface area contributed by atoms with Crippen LogP contribution >= 0.6 is 0 Å². The van der Waals surface area contributed by atoms with Crippen LogP contribution in [0.2, 0.25) is 0 Å². The van der Waals surface area contributed by atoms with Crippen molar-refractivity contribution in [1.82, 2.24) is 9.88 Å². The molecule has 1 aromatic heterocycles. The molecule has 0 fully saturated rings. The Labute approximate surface area is 110 Å². The normalized spacial score (nSPS) is 12.8. The number of aliphatic hydroxyl groups excluding tert-OH is 1. The summed E-state index contributed by atoms with van der Waals surface area (Å²) in [6, 6.07) is 3.85. The van der Waals surface area contributed by atoms with E-state index in [0.29, 0.717) is 0 Å². The first-order valence-electron chi connectivity index (χ1n) is 6.58. The summed E-state index contributed by atoms with van der Waals surface area (Å²) in [6.07, 6.45) is 2.42. The Morgan fingerprint density at radius 1 is 1.28 bits per heavy atom. The van der Waals surface area contributed by atoms with Crippen LogP contribution in [0, 0.1) is 0 Å². The van der Waals surface area contributed by atoms with Crippen LogP contribution in [-0.4, -0.2) is 48.7 Å². The first kappa shape index (κ1) is 14.9. The maximum atomic E-state index is 9.62. The van der Waals surface area contributed by atoms with Gasteiger partial charge in [-0.2, -0.15) is 0 Å². The van der Waals surface area contributed by atoms with Gasteiger partial charge in [-0.3, -0.25) is 0 Å². The minimum atomic E-state index is -0.441. The number of likely N-dealkylation sites (N-methyl/N-ethyl adjacent to an activating group) is 1. The lowest BCUT2D eigenvalue weighted by Crippen LogP contribution is -2.33. The Bertz CT molecular complexity index is 353. The fourth-order valence-electron chi connectivity index (χ4n) is 1.80. The second kappa shape index (κ2) is 7.34. The van der Waals surface area contributed by atoms with E-state index in [1.54, 1.807) is 13.1 Å². The number of nitrogens with zero attached hydrogens (tertiary/aromatic N) is 3.